The van der Waals surface area contributed by atoms with Crippen LogP contribution in [-0.4, -0.2) is 21.6 Å². The summed E-state index contributed by atoms with van der Waals surface area (Å²) < 4.78 is 44.7. The average Bonchev–Trinajstić information content (AvgIpc) is 2.49. The molecule has 124 valence electrons. The van der Waals surface area contributed by atoms with E-state index >= 15 is 0 Å². The normalized spacial score (nSPS) is 11.4. The van der Waals surface area contributed by atoms with Crippen molar-refractivity contribution in [3.05, 3.63) is 65.0 Å². The third kappa shape index (κ3) is 5.65. The van der Waals surface area contributed by atoms with E-state index < -0.39 is 10.0 Å². The molecule has 6 heteroatoms. The van der Waals surface area contributed by atoms with E-state index in [1.807, 2.05) is 32.0 Å². The van der Waals surface area contributed by atoms with E-state index in [0.717, 1.165) is 5.56 Å². The lowest BCUT2D eigenvalue weighted by atomic mass is 10.1. The highest BCUT2D eigenvalue weighted by Crippen LogP contribution is 2.16. The van der Waals surface area contributed by atoms with Crippen LogP contribution < -0.4 is 9.46 Å². The first-order valence-corrected chi connectivity index (χ1v) is 8.93. The van der Waals surface area contributed by atoms with Gasteiger partial charge in [-0.05, 0) is 54.8 Å². The number of ether oxygens (including phenoxy) is 1. The highest BCUT2D eigenvalue weighted by molar-refractivity contribution is 7.88. The van der Waals surface area contributed by atoms with Crippen molar-refractivity contribution < 1.29 is 17.5 Å². The standard InChI is InChI=1S/C17H20FNO3S/c1-13-3-8-17(11-14(13)2)22-10-9-19-23(20,21)12-15-4-6-16(18)7-5-15/h3-8,11,19H,9-10,12H2,1-2H3. The molecule has 0 spiro atoms. The van der Waals surface area contributed by atoms with Gasteiger partial charge >= 0.3 is 0 Å². The third-order valence-corrected chi connectivity index (χ3v) is 4.80. The van der Waals surface area contributed by atoms with E-state index in [9.17, 15) is 12.8 Å². The minimum atomic E-state index is -3.47. The fourth-order valence-corrected chi connectivity index (χ4v) is 3.15. The van der Waals surface area contributed by atoms with Gasteiger partial charge in [-0.3, -0.25) is 0 Å². The highest BCUT2D eigenvalue weighted by atomic mass is 32.2. The molecule has 1 N–H and O–H groups in total. The van der Waals surface area contributed by atoms with E-state index in [1.165, 1.54) is 29.8 Å². The minimum Gasteiger partial charge on any atom is -0.492 e. The maximum Gasteiger partial charge on any atom is 0.215 e. The van der Waals surface area contributed by atoms with Gasteiger partial charge in [0.15, 0.2) is 0 Å². The number of hydrogen-bond donors (Lipinski definition) is 1. The Morgan fingerprint density at radius 1 is 1.04 bits per heavy atom. The maximum atomic E-state index is 12.8. The molecule has 0 atom stereocenters. The largest absolute Gasteiger partial charge is 0.492 e. The van der Waals surface area contributed by atoms with Crippen molar-refractivity contribution in [2.24, 2.45) is 0 Å². The summed E-state index contributed by atoms with van der Waals surface area (Å²) >= 11 is 0. The van der Waals surface area contributed by atoms with Gasteiger partial charge in [-0.25, -0.2) is 17.5 Å². The predicted molar refractivity (Wildman–Crippen MR) is 88.4 cm³/mol. The van der Waals surface area contributed by atoms with Crippen LogP contribution in [0.25, 0.3) is 0 Å². The van der Waals surface area contributed by atoms with Crippen molar-refractivity contribution >= 4 is 10.0 Å². The zero-order valence-corrected chi connectivity index (χ0v) is 14.0. The lowest BCUT2D eigenvalue weighted by Gasteiger charge is -2.10. The van der Waals surface area contributed by atoms with Crippen molar-refractivity contribution in [1.82, 2.24) is 4.72 Å². The molecule has 0 aromatic heterocycles. The summed E-state index contributed by atoms with van der Waals surface area (Å²) in [6, 6.07) is 11.1. The number of nitrogens with one attached hydrogen (secondary N) is 1. The number of sulfonamides is 1. The van der Waals surface area contributed by atoms with Crippen LogP contribution in [0, 0.1) is 19.7 Å². The van der Waals surface area contributed by atoms with Crippen LogP contribution in [0.5, 0.6) is 5.75 Å². The number of rotatable bonds is 7. The quantitative estimate of drug-likeness (QED) is 0.790. The molecule has 0 radical (unpaired) electrons. The molecule has 0 fully saturated rings. The molecule has 0 aliphatic heterocycles. The smallest absolute Gasteiger partial charge is 0.215 e. The van der Waals surface area contributed by atoms with Gasteiger partial charge in [0.05, 0.1) is 5.75 Å². The number of aryl methyl sites for hydroxylation is 2. The van der Waals surface area contributed by atoms with Gasteiger partial charge in [0, 0.05) is 6.54 Å². The summed E-state index contributed by atoms with van der Waals surface area (Å²) in [5.41, 5.74) is 2.84. The number of benzene rings is 2. The van der Waals surface area contributed by atoms with Gasteiger partial charge in [-0.1, -0.05) is 18.2 Å². The Labute approximate surface area is 136 Å². The fraction of sp³-hybridized carbons (Fsp3) is 0.294. The topological polar surface area (TPSA) is 55.4 Å². The summed E-state index contributed by atoms with van der Waals surface area (Å²) in [4.78, 5) is 0. The Kier molecular flexibility index (Phi) is 5.74. The molecule has 23 heavy (non-hydrogen) atoms. The highest BCUT2D eigenvalue weighted by Gasteiger charge is 2.11. The van der Waals surface area contributed by atoms with Gasteiger partial charge in [-0.2, -0.15) is 0 Å². The van der Waals surface area contributed by atoms with E-state index in [1.54, 1.807) is 0 Å². The summed E-state index contributed by atoms with van der Waals surface area (Å²) in [5, 5.41) is 0. The lowest BCUT2D eigenvalue weighted by molar-refractivity contribution is 0.322. The lowest BCUT2D eigenvalue weighted by Crippen LogP contribution is -2.29. The van der Waals surface area contributed by atoms with Crippen molar-refractivity contribution in [1.29, 1.82) is 0 Å². The van der Waals surface area contributed by atoms with Crippen LogP contribution >= 0.6 is 0 Å². The zero-order valence-electron chi connectivity index (χ0n) is 13.2. The van der Waals surface area contributed by atoms with Crippen LogP contribution in [0.4, 0.5) is 4.39 Å². The Bertz CT molecular complexity index is 758. The summed E-state index contributed by atoms with van der Waals surface area (Å²) in [7, 11) is -3.47. The van der Waals surface area contributed by atoms with E-state index in [4.69, 9.17) is 4.74 Å². The van der Waals surface area contributed by atoms with Crippen LogP contribution in [0.15, 0.2) is 42.5 Å². The van der Waals surface area contributed by atoms with Crippen LogP contribution in [0.2, 0.25) is 0 Å². The maximum absolute atomic E-state index is 12.8. The monoisotopic (exact) mass is 337 g/mol. The van der Waals surface area contributed by atoms with Crippen molar-refractivity contribution in [2.45, 2.75) is 19.6 Å². The SMILES string of the molecule is Cc1ccc(OCCNS(=O)(=O)Cc2ccc(F)cc2)cc1C. The molecule has 0 amide bonds. The van der Waals surface area contributed by atoms with Gasteiger partial charge in [-0.15, -0.1) is 0 Å². The molecule has 0 saturated carbocycles. The van der Waals surface area contributed by atoms with Crippen LogP contribution in [0.3, 0.4) is 0 Å². The third-order valence-electron chi connectivity index (χ3n) is 3.44. The molecule has 2 rings (SSSR count). The Morgan fingerprint density at radius 3 is 2.39 bits per heavy atom. The number of hydrogen-bond acceptors (Lipinski definition) is 3. The second-order valence-electron chi connectivity index (χ2n) is 5.37. The Hall–Kier alpha value is -1.92. The van der Waals surface area contributed by atoms with Gasteiger partial charge in [0.2, 0.25) is 10.0 Å². The zero-order chi connectivity index (χ0) is 16.9. The van der Waals surface area contributed by atoms with Crippen LogP contribution in [-0.2, 0) is 15.8 Å². The molecule has 4 nitrogen and oxygen atoms in total. The summed E-state index contributed by atoms with van der Waals surface area (Å²) in [6.45, 7) is 4.43. The van der Waals surface area contributed by atoms with Gasteiger partial charge in [0.1, 0.15) is 18.2 Å². The second kappa shape index (κ2) is 7.57. The molecule has 0 aliphatic carbocycles. The molecule has 2 aromatic carbocycles. The van der Waals surface area contributed by atoms with Crippen molar-refractivity contribution in [3.8, 4) is 5.75 Å². The Morgan fingerprint density at radius 2 is 1.74 bits per heavy atom. The van der Waals surface area contributed by atoms with E-state index in [2.05, 4.69) is 4.72 Å². The summed E-state index contributed by atoms with van der Waals surface area (Å²) in [6.07, 6.45) is 0. The first-order valence-electron chi connectivity index (χ1n) is 7.27. The molecule has 0 saturated heterocycles. The fourth-order valence-electron chi connectivity index (χ4n) is 2.02. The first-order chi connectivity index (χ1) is 10.9. The van der Waals surface area contributed by atoms with Gasteiger partial charge < -0.3 is 4.74 Å². The number of halogens is 1. The van der Waals surface area contributed by atoms with Gasteiger partial charge in [0.25, 0.3) is 0 Å². The molecule has 0 heterocycles. The van der Waals surface area contributed by atoms with Crippen LogP contribution in [0.1, 0.15) is 16.7 Å². The molecule has 0 bridgehead atoms. The van der Waals surface area contributed by atoms with Crippen molar-refractivity contribution in [2.75, 3.05) is 13.2 Å². The predicted octanol–water partition coefficient (Wildman–Crippen LogP) is 2.94. The average molecular weight is 337 g/mol. The minimum absolute atomic E-state index is 0.177. The van der Waals surface area contributed by atoms with E-state index in [-0.39, 0.29) is 24.7 Å². The molecule has 0 aliphatic rings. The molecule has 2 aromatic rings. The van der Waals surface area contributed by atoms with E-state index in [0.29, 0.717) is 11.3 Å². The molecular weight excluding hydrogens is 317 g/mol. The molecule has 0 unspecified atom stereocenters. The first kappa shape index (κ1) is 17.4. The summed E-state index contributed by atoms with van der Waals surface area (Å²) in [5.74, 6) is 0.142. The van der Waals surface area contributed by atoms with Crippen molar-refractivity contribution in [3.63, 3.8) is 0 Å². The molecular formula is C17H20FNO3S. The Balaban J connectivity index is 1.80. The second-order valence-corrected chi connectivity index (χ2v) is 7.18.